The largest absolute Gasteiger partial charge is 0.230 e. The first-order valence-corrected chi connectivity index (χ1v) is 3.07. The molecule has 0 amide bonds. The third-order valence-electron chi connectivity index (χ3n) is 0.458. The minimum absolute atomic E-state index is 0.211. The van der Waals surface area contributed by atoms with Gasteiger partial charge in [0.15, 0.2) is 0 Å². The number of hydrogen-bond donors (Lipinski definition) is 0. The molecule has 0 aliphatic carbocycles. The van der Waals surface area contributed by atoms with Crippen LogP contribution in [-0.2, 0) is 9.78 Å². The molecule has 2 nitrogen and oxygen atoms in total. The summed E-state index contributed by atoms with van der Waals surface area (Å²) in [6.45, 7) is 9.53. The topological polar surface area (TPSA) is 18.5 Å². The molecular formula is C7H15O2. The molecule has 2 heteroatoms. The molecule has 0 unspecified atom stereocenters. The molecule has 0 spiro atoms. The first kappa shape index (κ1) is 8.92. The molecule has 0 aromatic heterocycles. The van der Waals surface area contributed by atoms with E-state index in [9.17, 15) is 0 Å². The maximum atomic E-state index is 4.95. The predicted octanol–water partition coefficient (Wildman–Crippen LogP) is 2.30. The van der Waals surface area contributed by atoms with Crippen molar-refractivity contribution in [3.8, 4) is 0 Å². The Morgan fingerprint density at radius 2 is 1.56 bits per heavy atom. The van der Waals surface area contributed by atoms with Crippen molar-refractivity contribution in [2.24, 2.45) is 0 Å². The van der Waals surface area contributed by atoms with Crippen molar-refractivity contribution in [3.05, 3.63) is 6.10 Å². The minimum Gasteiger partial charge on any atom is -0.230 e. The summed E-state index contributed by atoms with van der Waals surface area (Å²) in [5.41, 5.74) is -0.211. The van der Waals surface area contributed by atoms with Crippen molar-refractivity contribution < 1.29 is 9.78 Å². The molecule has 0 rings (SSSR count). The lowest BCUT2D eigenvalue weighted by atomic mass is 10.2. The second-order valence-corrected chi connectivity index (χ2v) is 3.19. The lowest BCUT2D eigenvalue weighted by molar-refractivity contribution is -0.339. The van der Waals surface area contributed by atoms with Gasteiger partial charge in [-0.2, -0.15) is 0 Å². The van der Waals surface area contributed by atoms with Gasteiger partial charge in [0.25, 0.3) is 0 Å². The summed E-state index contributed by atoms with van der Waals surface area (Å²) in [6.07, 6.45) is 0.824. The van der Waals surface area contributed by atoms with Gasteiger partial charge in [-0.3, -0.25) is 0 Å². The smallest absolute Gasteiger partial charge is 0.129 e. The maximum absolute atomic E-state index is 4.95. The average molecular weight is 131 g/mol. The van der Waals surface area contributed by atoms with Crippen LogP contribution in [0.5, 0.6) is 0 Å². The predicted molar refractivity (Wildman–Crippen MR) is 36.5 cm³/mol. The van der Waals surface area contributed by atoms with Crippen LogP contribution in [0.2, 0.25) is 0 Å². The van der Waals surface area contributed by atoms with Crippen LogP contribution in [0.15, 0.2) is 0 Å². The third kappa shape index (κ3) is 7.92. The Bertz CT molecular complexity index is 71.5. The summed E-state index contributed by atoms with van der Waals surface area (Å²) in [5, 5.41) is 0. The first-order chi connectivity index (χ1) is 3.92. The van der Waals surface area contributed by atoms with Crippen LogP contribution >= 0.6 is 0 Å². The van der Waals surface area contributed by atoms with Crippen LogP contribution in [0.25, 0.3) is 0 Å². The van der Waals surface area contributed by atoms with Gasteiger partial charge in [-0.05, 0) is 34.6 Å². The molecule has 0 bridgehead atoms. The van der Waals surface area contributed by atoms with E-state index in [1.54, 1.807) is 0 Å². The van der Waals surface area contributed by atoms with E-state index in [1.165, 1.54) is 0 Å². The molecule has 0 saturated carbocycles. The monoisotopic (exact) mass is 131 g/mol. The summed E-state index contributed by atoms with van der Waals surface area (Å²) in [7, 11) is 0. The van der Waals surface area contributed by atoms with E-state index in [0.29, 0.717) is 0 Å². The molecule has 9 heavy (non-hydrogen) atoms. The Hall–Kier alpha value is -0.0800. The van der Waals surface area contributed by atoms with Crippen LogP contribution in [0.4, 0.5) is 0 Å². The molecule has 0 aliphatic rings. The summed E-state index contributed by atoms with van der Waals surface area (Å²) in [5.74, 6) is 0. The van der Waals surface area contributed by atoms with Crippen molar-refractivity contribution in [2.45, 2.75) is 40.2 Å². The van der Waals surface area contributed by atoms with Gasteiger partial charge in [0.05, 0.1) is 5.60 Å². The van der Waals surface area contributed by atoms with E-state index in [1.807, 2.05) is 34.6 Å². The number of hydrogen-bond acceptors (Lipinski definition) is 2. The van der Waals surface area contributed by atoms with Crippen LogP contribution in [-0.4, -0.2) is 5.60 Å². The fourth-order valence-electron chi connectivity index (χ4n) is 0.208. The Morgan fingerprint density at radius 1 is 1.11 bits per heavy atom. The molecule has 0 N–H and O–H groups in total. The zero-order valence-electron chi connectivity index (χ0n) is 6.82. The maximum Gasteiger partial charge on any atom is 0.129 e. The third-order valence-corrected chi connectivity index (χ3v) is 0.458. The second-order valence-electron chi connectivity index (χ2n) is 3.19. The number of rotatable bonds is 2. The van der Waals surface area contributed by atoms with Crippen LogP contribution in [0.3, 0.4) is 0 Å². The van der Waals surface area contributed by atoms with Crippen LogP contribution < -0.4 is 0 Å². The van der Waals surface area contributed by atoms with Crippen molar-refractivity contribution in [3.63, 3.8) is 0 Å². The Balaban J connectivity index is 3.28. The summed E-state index contributed by atoms with van der Waals surface area (Å²) >= 11 is 0. The van der Waals surface area contributed by atoms with E-state index >= 15 is 0 Å². The van der Waals surface area contributed by atoms with Gasteiger partial charge >= 0.3 is 0 Å². The van der Waals surface area contributed by atoms with Crippen molar-refractivity contribution >= 4 is 0 Å². The fraction of sp³-hybridized carbons (Fsp3) is 0.857. The highest BCUT2D eigenvalue weighted by Gasteiger charge is 2.12. The van der Waals surface area contributed by atoms with E-state index in [0.717, 1.165) is 6.10 Å². The molecule has 0 saturated heterocycles. The van der Waals surface area contributed by atoms with Gasteiger partial charge in [-0.15, -0.1) is 0 Å². The fourth-order valence-corrected chi connectivity index (χ4v) is 0.208. The highest BCUT2D eigenvalue weighted by atomic mass is 17.2. The van der Waals surface area contributed by atoms with Gasteiger partial charge in [-0.25, -0.2) is 9.78 Å². The molecule has 0 aromatic carbocycles. The molecule has 0 aliphatic heterocycles. The van der Waals surface area contributed by atoms with Crippen molar-refractivity contribution in [1.29, 1.82) is 0 Å². The molecule has 1 radical (unpaired) electrons. The van der Waals surface area contributed by atoms with Crippen molar-refractivity contribution in [2.75, 3.05) is 0 Å². The van der Waals surface area contributed by atoms with Crippen LogP contribution in [0, 0.1) is 6.10 Å². The molecule has 0 aromatic rings. The lowest BCUT2D eigenvalue weighted by Gasteiger charge is -2.18. The Morgan fingerprint density at radius 3 is 1.67 bits per heavy atom. The van der Waals surface area contributed by atoms with Crippen LogP contribution in [0.1, 0.15) is 34.6 Å². The van der Waals surface area contributed by atoms with Gasteiger partial charge in [-0.1, -0.05) is 0 Å². The SMILES string of the molecule is C[C](C)OOC(C)(C)C. The standard InChI is InChI=1S/C7H15O2/c1-6(2)8-9-7(3,4)5/h1-5H3. The summed E-state index contributed by atoms with van der Waals surface area (Å²) < 4.78 is 0. The molecule has 0 heterocycles. The van der Waals surface area contributed by atoms with Crippen molar-refractivity contribution in [1.82, 2.24) is 0 Å². The molecule has 0 fully saturated rings. The summed E-state index contributed by atoms with van der Waals surface area (Å²) in [6, 6.07) is 0. The quantitative estimate of drug-likeness (QED) is 0.423. The zero-order valence-corrected chi connectivity index (χ0v) is 6.82. The average Bonchev–Trinajstić information content (AvgIpc) is 1.59. The normalized spacial score (nSPS) is 12.7. The van der Waals surface area contributed by atoms with E-state index < -0.39 is 0 Å². The summed E-state index contributed by atoms with van der Waals surface area (Å²) in [4.78, 5) is 9.78. The van der Waals surface area contributed by atoms with E-state index in [4.69, 9.17) is 9.78 Å². The van der Waals surface area contributed by atoms with Gasteiger partial charge < -0.3 is 0 Å². The van der Waals surface area contributed by atoms with Gasteiger partial charge in [0, 0.05) is 0 Å². The second kappa shape index (κ2) is 3.18. The molecular weight excluding hydrogens is 116 g/mol. The minimum atomic E-state index is -0.211. The highest BCUT2D eigenvalue weighted by Crippen LogP contribution is 2.10. The first-order valence-electron chi connectivity index (χ1n) is 3.07. The molecule has 0 atom stereocenters. The lowest BCUT2D eigenvalue weighted by Crippen LogP contribution is -2.19. The Labute approximate surface area is 57.1 Å². The van der Waals surface area contributed by atoms with E-state index in [-0.39, 0.29) is 5.60 Å². The molecule has 55 valence electrons. The van der Waals surface area contributed by atoms with Gasteiger partial charge in [0.1, 0.15) is 6.10 Å². The van der Waals surface area contributed by atoms with E-state index in [2.05, 4.69) is 0 Å². The zero-order chi connectivity index (χ0) is 7.49. The highest BCUT2D eigenvalue weighted by molar-refractivity contribution is 4.59. The van der Waals surface area contributed by atoms with Gasteiger partial charge in [0.2, 0.25) is 0 Å². The Kier molecular flexibility index (Phi) is 3.15.